The number of halogens is 1. The molecule has 0 aliphatic carbocycles. The second-order valence-corrected chi connectivity index (χ2v) is 3.29. The first kappa shape index (κ1) is 10.2. The predicted octanol–water partition coefficient (Wildman–Crippen LogP) is 0.980. The van der Waals surface area contributed by atoms with Gasteiger partial charge in [0, 0.05) is 25.7 Å². The smallest absolute Gasteiger partial charge is 0.246 e. The maximum Gasteiger partial charge on any atom is 0.246 e. The minimum atomic E-state index is -0.109. The third-order valence-electron chi connectivity index (χ3n) is 2.36. The zero-order valence-electron chi connectivity index (χ0n) is 7.87. The van der Waals surface area contributed by atoms with Crippen molar-refractivity contribution in [3.63, 3.8) is 0 Å². The highest BCUT2D eigenvalue weighted by atomic mass is 19.2. The highest BCUT2D eigenvalue weighted by Gasteiger charge is 2.21. The first-order chi connectivity index (χ1) is 6.15. The van der Waals surface area contributed by atoms with E-state index in [0.717, 1.165) is 5.12 Å². The molecule has 0 radical (unpaired) electrons. The highest BCUT2D eigenvalue weighted by molar-refractivity contribution is 5.86. The Labute approximate surface area is 77.7 Å². The number of carbonyl (C=O) groups excluding carboxylic acids is 1. The summed E-state index contributed by atoms with van der Waals surface area (Å²) in [7, 11) is 0. The molecule has 0 aromatic carbocycles. The largest absolute Gasteiger partial charge is 0.338 e. The van der Waals surface area contributed by atoms with Gasteiger partial charge in [-0.15, -0.1) is 9.60 Å². The number of carbonyl (C=O) groups is 1. The second kappa shape index (κ2) is 4.37. The Hall–Kier alpha value is -0.900. The molecule has 0 aromatic rings. The number of rotatable bonds is 1. The fourth-order valence-electron chi connectivity index (χ4n) is 1.38. The zero-order chi connectivity index (χ0) is 9.84. The van der Waals surface area contributed by atoms with E-state index in [-0.39, 0.29) is 11.9 Å². The summed E-state index contributed by atoms with van der Waals surface area (Å²) in [5.74, 6) is -0.109. The summed E-state index contributed by atoms with van der Waals surface area (Å²) >= 11 is 0. The van der Waals surface area contributed by atoms with Crippen LogP contribution in [0.15, 0.2) is 12.7 Å². The summed E-state index contributed by atoms with van der Waals surface area (Å²) in [5, 5.41) is 0.788. The van der Waals surface area contributed by atoms with Gasteiger partial charge >= 0.3 is 0 Å². The second-order valence-electron chi connectivity index (χ2n) is 3.29. The maximum absolute atomic E-state index is 13.0. The lowest BCUT2D eigenvalue weighted by atomic mass is 10.2. The molecule has 1 atom stereocenters. The Bertz CT molecular complexity index is 196. The number of hydrogen-bond donors (Lipinski definition) is 0. The van der Waals surface area contributed by atoms with Crippen LogP contribution in [-0.2, 0) is 4.79 Å². The zero-order valence-corrected chi connectivity index (χ0v) is 7.87. The van der Waals surface area contributed by atoms with E-state index in [1.165, 1.54) is 6.08 Å². The minimum absolute atomic E-state index is 0.0948. The van der Waals surface area contributed by atoms with Gasteiger partial charge in [-0.1, -0.05) is 6.58 Å². The van der Waals surface area contributed by atoms with Crippen LogP contribution in [0.4, 0.5) is 4.48 Å². The van der Waals surface area contributed by atoms with Crippen molar-refractivity contribution in [3.8, 4) is 0 Å². The fraction of sp³-hybridized carbons (Fsp3) is 0.667. The summed E-state index contributed by atoms with van der Waals surface area (Å²) in [6.45, 7) is 6.59. The van der Waals surface area contributed by atoms with E-state index in [1.54, 1.807) is 4.90 Å². The molecule has 0 aromatic heterocycles. The molecule has 0 spiro atoms. The molecular formula is C9H15FN2O. The summed E-state index contributed by atoms with van der Waals surface area (Å²) in [5.41, 5.74) is 0. The molecule has 1 aliphatic heterocycles. The predicted molar refractivity (Wildman–Crippen MR) is 48.7 cm³/mol. The summed E-state index contributed by atoms with van der Waals surface area (Å²) in [4.78, 5) is 12.8. The van der Waals surface area contributed by atoms with Gasteiger partial charge in [0.15, 0.2) is 0 Å². The molecule has 1 fully saturated rings. The third kappa shape index (κ3) is 2.52. The van der Waals surface area contributed by atoms with Crippen LogP contribution in [0.25, 0.3) is 0 Å². The van der Waals surface area contributed by atoms with Gasteiger partial charge in [-0.3, -0.25) is 4.79 Å². The van der Waals surface area contributed by atoms with Gasteiger partial charge in [-0.2, -0.15) is 0 Å². The van der Waals surface area contributed by atoms with E-state index in [9.17, 15) is 9.28 Å². The molecule has 1 unspecified atom stereocenters. The molecule has 1 saturated heterocycles. The molecule has 0 N–H and O–H groups in total. The van der Waals surface area contributed by atoms with Crippen LogP contribution >= 0.6 is 0 Å². The number of hydrogen-bond acceptors (Lipinski definition) is 2. The van der Waals surface area contributed by atoms with Crippen LogP contribution in [0, 0.1) is 0 Å². The lowest BCUT2D eigenvalue weighted by molar-refractivity contribution is -0.126. The molecule has 0 saturated carbocycles. The number of amides is 1. The van der Waals surface area contributed by atoms with Crippen molar-refractivity contribution in [3.05, 3.63) is 12.7 Å². The maximum atomic E-state index is 13.0. The van der Waals surface area contributed by atoms with Crippen LogP contribution in [0.3, 0.4) is 0 Å². The minimum Gasteiger partial charge on any atom is -0.338 e. The molecule has 3 nitrogen and oxygen atoms in total. The van der Waals surface area contributed by atoms with Gasteiger partial charge in [0.25, 0.3) is 0 Å². The average molecular weight is 186 g/mol. The van der Waals surface area contributed by atoms with Crippen molar-refractivity contribution in [1.29, 1.82) is 0 Å². The standard InChI is InChI=1S/C9H15FN2O/c1-3-9(13)11-5-4-8(2)12(10)7-6-11/h3,8H,1,4-7H2,2H3. The molecule has 13 heavy (non-hydrogen) atoms. The topological polar surface area (TPSA) is 23.6 Å². The monoisotopic (exact) mass is 186 g/mol. The van der Waals surface area contributed by atoms with E-state index in [2.05, 4.69) is 6.58 Å². The summed E-state index contributed by atoms with van der Waals surface area (Å²) in [6.07, 6.45) is 1.95. The third-order valence-corrected chi connectivity index (χ3v) is 2.36. The van der Waals surface area contributed by atoms with E-state index >= 15 is 0 Å². The van der Waals surface area contributed by atoms with Crippen LogP contribution in [0.5, 0.6) is 0 Å². The Morgan fingerprint density at radius 3 is 2.85 bits per heavy atom. The Balaban J connectivity index is 2.53. The van der Waals surface area contributed by atoms with Crippen LogP contribution in [0.1, 0.15) is 13.3 Å². The lowest BCUT2D eigenvalue weighted by Gasteiger charge is -2.17. The fourth-order valence-corrected chi connectivity index (χ4v) is 1.38. The van der Waals surface area contributed by atoms with Gasteiger partial charge in [0.05, 0.1) is 0 Å². The first-order valence-corrected chi connectivity index (χ1v) is 4.49. The van der Waals surface area contributed by atoms with E-state index in [0.29, 0.717) is 26.1 Å². The average Bonchev–Trinajstić information content (AvgIpc) is 2.30. The summed E-state index contributed by atoms with van der Waals surface area (Å²) < 4.78 is 13.0. The molecule has 1 aliphatic rings. The van der Waals surface area contributed by atoms with Gasteiger partial charge in [-0.25, -0.2) is 0 Å². The molecule has 0 bridgehead atoms. The lowest BCUT2D eigenvalue weighted by Crippen LogP contribution is -2.32. The van der Waals surface area contributed by atoms with Crippen molar-refractivity contribution < 1.29 is 9.28 Å². The van der Waals surface area contributed by atoms with Crippen molar-refractivity contribution in [1.82, 2.24) is 10.0 Å². The molecule has 1 rings (SSSR count). The highest BCUT2D eigenvalue weighted by Crippen LogP contribution is 2.10. The summed E-state index contributed by atoms with van der Waals surface area (Å²) in [6, 6.07) is -0.0948. The molecular weight excluding hydrogens is 171 g/mol. The van der Waals surface area contributed by atoms with Gasteiger partial charge in [0.2, 0.25) is 5.91 Å². The van der Waals surface area contributed by atoms with Crippen LogP contribution < -0.4 is 0 Å². The first-order valence-electron chi connectivity index (χ1n) is 4.49. The normalized spacial score (nSPS) is 25.4. The molecule has 1 heterocycles. The van der Waals surface area contributed by atoms with Gasteiger partial charge in [-0.05, 0) is 19.4 Å². The van der Waals surface area contributed by atoms with Gasteiger partial charge in [0.1, 0.15) is 0 Å². The molecule has 4 heteroatoms. The van der Waals surface area contributed by atoms with Crippen molar-refractivity contribution >= 4 is 5.91 Å². The van der Waals surface area contributed by atoms with E-state index in [1.807, 2.05) is 6.92 Å². The van der Waals surface area contributed by atoms with Crippen molar-refractivity contribution in [2.45, 2.75) is 19.4 Å². The molecule has 1 amide bonds. The van der Waals surface area contributed by atoms with Crippen molar-refractivity contribution in [2.24, 2.45) is 0 Å². The Morgan fingerprint density at radius 2 is 2.23 bits per heavy atom. The van der Waals surface area contributed by atoms with E-state index in [4.69, 9.17) is 0 Å². The van der Waals surface area contributed by atoms with E-state index < -0.39 is 0 Å². The number of nitrogens with zero attached hydrogens (tertiary/aromatic N) is 2. The van der Waals surface area contributed by atoms with Crippen LogP contribution in [0.2, 0.25) is 0 Å². The Morgan fingerprint density at radius 1 is 1.54 bits per heavy atom. The van der Waals surface area contributed by atoms with Crippen molar-refractivity contribution in [2.75, 3.05) is 19.6 Å². The Kier molecular flexibility index (Phi) is 3.42. The molecule has 74 valence electrons. The quantitative estimate of drug-likeness (QED) is 0.450. The van der Waals surface area contributed by atoms with Gasteiger partial charge < -0.3 is 4.90 Å². The van der Waals surface area contributed by atoms with Crippen LogP contribution in [-0.4, -0.2) is 41.6 Å². The SMILES string of the molecule is C=CC(=O)N1CCC(C)N(F)CC1.